The van der Waals surface area contributed by atoms with Crippen LogP contribution < -0.4 is 4.89 Å². The van der Waals surface area contributed by atoms with Crippen molar-refractivity contribution >= 4 is 12.1 Å². The highest BCUT2D eigenvalue weighted by Crippen LogP contribution is 2.29. The van der Waals surface area contributed by atoms with Gasteiger partial charge in [0.2, 0.25) is 34.8 Å². The van der Waals surface area contributed by atoms with Crippen LogP contribution in [0.5, 0.6) is 5.75 Å². The average molecular weight is 279 g/mol. The fourth-order valence-electron chi connectivity index (χ4n) is 1.12. The van der Waals surface area contributed by atoms with Crippen LogP contribution >= 0.6 is 0 Å². The largest absolute Gasteiger partial charge is 0.317 e. The van der Waals surface area contributed by atoms with E-state index in [0.717, 1.165) is 12.3 Å². The van der Waals surface area contributed by atoms with Gasteiger partial charge in [0.05, 0.1) is 0 Å². The Labute approximate surface area is 101 Å². The monoisotopic (exact) mass is 279 g/mol. The van der Waals surface area contributed by atoms with Gasteiger partial charge in [-0.3, -0.25) is 14.6 Å². The van der Waals surface area contributed by atoms with E-state index in [1.807, 2.05) is 0 Å². The highest BCUT2D eigenvalue weighted by molar-refractivity contribution is 6.06. The molecular formula is C10H2F5NO3. The third kappa shape index (κ3) is 2.14. The second-order valence-electron chi connectivity index (χ2n) is 3.18. The third-order valence-electron chi connectivity index (χ3n) is 2.01. The highest BCUT2D eigenvalue weighted by atomic mass is 19.2. The van der Waals surface area contributed by atoms with Gasteiger partial charge in [-0.15, -0.1) is 0 Å². The maximum atomic E-state index is 13.1. The van der Waals surface area contributed by atoms with E-state index in [-0.39, 0.29) is 0 Å². The van der Waals surface area contributed by atoms with Crippen LogP contribution in [0, 0.1) is 29.1 Å². The summed E-state index contributed by atoms with van der Waals surface area (Å²) in [7, 11) is 0. The van der Waals surface area contributed by atoms with Crippen LogP contribution in [0.4, 0.5) is 22.0 Å². The molecule has 0 aliphatic carbocycles. The van der Waals surface area contributed by atoms with Gasteiger partial charge in [-0.05, 0) is 0 Å². The van der Waals surface area contributed by atoms with Crippen LogP contribution in [-0.4, -0.2) is 12.1 Å². The summed E-state index contributed by atoms with van der Waals surface area (Å²) in [5.74, 6) is -14.3. The van der Waals surface area contributed by atoms with Crippen LogP contribution in [0.25, 0.3) is 0 Å². The zero-order valence-corrected chi connectivity index (χ0v) is 8.72. The molecule has 0 saturated carbocycles. The summed E-state index contributed by atoms with van der Waals surface area (Å²) >= 11 is 0. The van der Waals surface area contributed by atoms with Crippen LogP contribution in [0.2, 0.25) is 0 Å². The summed E-state index contributed by atoms with van der Waals surface area (Å²) in [6.07, 6.45) is 1.98. The third-order valence-corrected chi connectivity index (χ3v) is 2.01. The second kappa shape index (κ2) is 4.67. The maximum Gasteiger partial charge on any atom is 0.317 e. The van der Waals surface area contributed by atoms with Crippen molar-refractivity contribution in [2.75, 3.05) is 0 Å². The predicted molar refractivity (Wildman–Crippen MR) is 49.5 cm³/mol. The molecule has 0 aromatic heterocycles. The van der Waals surface area contributed by atoms with Gasteiger partial charge in [-0.25, -0.2) is 18.2 Å². The molecule has 19 heavy (non-hydrogen) atoms. The Balaban J connectivity index is 2.29. The maximum absolute atomic E-state index is 13.1. The molecule has 100 valence electrons. The van der Waals surface area contributed by atoms with E-state index in [1.54, 1.807) is 0 Å². The van der Waals surface area contributed by atoms with E-state index in [2.05, 4.69) is 14.8 Å². The molecule has 0 N–H and O–H groups in total. The molecule has 1 aliphatic heterocycles. The van der Waals surface area contributed by atoms with Gasteiger partial charge in [0.25, 0.3) is 5.75 Å². The zero-order chi connectivity index (χ0) is 14.2. The standard InChI is InChI=1S/C10H2F5NO3/c11-4-5(12)7(14)9(8(15)6(4)13)19-18-3-1-2-16-10(3)17/h1-2H. The van der Waals surface area contributed by atoms with Gasteiger partial charge < -0.3 is 0 Å². The number of nitrogens with zero attached hydrogens (tertiary/aromatic N) is 1. The summed E-state index contributed by atoms with van der Waals surface area (Å²) in [5, 5.41) is 0. The fraction of sp³-hybridized carbons (Fsp3) is 0. The molecule has 1 aliphatic rings. The Morgan fingerprint density at radius 2 is 1.37 bits per heavy atom. The lowest BCUT2D eigenvalue weighted by molar-refractivity contribution is -0.177. The number of carbonyl (C=O) groups excluding carboxylic acids is 1. The summed E-state index contributed by atoms with van der Waals surface area (Å²) in [6.45, 7) is 0. The lowest BCUT2D eigenvalue weighted by Gasteiger charge is -2.08. The summed E-state index contributed by atoms with van der Waals surface area (Å²) in [6, 6.07) is 0. The molecular weight excluding hydrogens is 277 g/mol. The Hall–Kier alpha value is -2.45. The van der Waals surface area contributed by atoms with Crippen LogP contribution in [0.1, 0.15) is 0 Å². The molecule has 4 nitrogen and oxygen atoms in total. The van der Waals surface area contributed by atoms with Gasteiger partial charge in [0.1, 0.15) is 0 Å². The number of hydrogen-bond donors (Lipinski definition) is 0. The van der Waals surface area contributed by atoms with Crippen molar-refractivity contribution in [1.29, 1.82) is 0 Å². The van der Waals surface area contributed by atoms with Crippen molar-refractivity contribution in [1.82, 2.24) is 0 Å². The number of allylic oxidation sites excluding steroid dienone is 1. The predicted octanol–water partition coefficient (Wildman–Crippen LogP) is 2.19. The van der Waals surface area contributed by atoms with Crippen molar-refractivity contribution in [3.05, 3.63) is 40.9 Å². The number of benzene rings is 1. The number of carbonyl (C=O) groups is 1. The van der Waals surface area contributed by atoms with Crippen molar-refractivity contribution < 1.29 is 36.5 Å². The van der Waals surface area contributed by atoms with Gasteiger partial charge in [-0.1, -0.05) is 0 Å². The Bertz CT molecular complexity index is 597. The number of aliphatic imine (C=N–C) groups is 1. The highest BCUT2D eigenvalue weighted by Gasteiger charge is 2.29. The summed E-state index contributed by atoms with van der Waals surface area (Å²) in [5.41, 5.74) is 0. The van der Waals surface area contributed by atoms with Gasteiger partial charge in [-0.2, -0.15) is 8.78 Å². The van der Waals surface area contributed by atoms with Gasteiger partial charge in [0.15, 0.2) is 0 Å². The minimum Gasteiger partial charge on any atom is -0.284 e. The lowest BCUT2D eigenvalue weighted by atomic mass is 10.3. The van der Waals surface area contributed by atoms with E-state index < -0.39 is 46.5 Å². The molecule has 1 aromatic carbocycles. The Kier molecular flexibility index (Phi) is 3.19. The Morgan fingerprint density at radius 1 is 0.842 bits per heavy atom. The minimum atomic E-state index is -2.33. The van der Waals surface area contributed by atoms with E-state index in [9.17, 15) is 26.7 Å². The molecule has 0 fully saturated rings. The first-order valence-electron chi connectivity index (χ1n) is 4.58. The van der Waals surface area contributed by atoms with E-state index >= 15 is 0 Å². The first kappa shape index (κ1) is 13.0. The lowest BCUT2D eigenvalue weighted by Crippen LogP contribution is -2.09. The van der Waals surface area contributed by atoms with E-state index in [0.29, 0.717) is 0 Å². The van der Waals surface area contributed by atoms with E-state index in [1.165, 1.54) is 0 Å². The smallest absolute Gasteiger partial charge is 0.284 e. The molecule has 1 amide bonds. The molecule has 1 aromatic rings. The number of hydrogen-bond acceptors (Lipinski definition) is 3. The van der Waals surface area contributed by atoms with Crippen LogP contribution in [-0.2, 0) is 9.68 Å². The average Bonchev–Trinajstić information content (AvgIpc) is 2.80. The van der Waals surface area contributed by atoms with Crippen molar-refractivity contribution in [2.45, 2.75) is 0 Å². The van der Waals surface area contributed by atoms with Crippen molar-refractivity contribution in [2.24, 2.45) is 4.99 Å². The van der Waals surface area contributed by atoms with Crippen LogP contribution in [0.15, 0.2) is 16.8 Å². The molecule has 0 unspecified atom stereocenters. The van der Waals surface area contributed by atoms with E-state index in [4.69, 9.17) is 0 Å². The fourth-order valence-corrected chi connectivity index (χ4v) is 1.12. The quantitative estimate of drug-likeness (QED) is 0.280. The normalized spacial score (nSPS) is 13.7. The van der Waals surface area contributed by atoms with Crippen LogP contribution in [0.3, 0.4) is 0 Å². The second-order valence-corrected chi connectivity index (χ2v) is 3.18. The topological polar surface area (TPSA) is 47.9 Å². The molecule has 0 atom stereocenters. The molecule has 2 rings (SSSR count). The molecule has 0 spiro atoms. The molecule has 1 heterocycles. The van der Waals surface area contributed by atoms with Gasteiger partial charge >= 0.3 is 5.91 Å². The Morgan fingerprint density at radius 3 is 1.84 bits per heavy atom. The summed E-state index contributed by atoms with van der Waals surface area (Å²) in [4.78, 5) is 22.2. The number of rotatable bonds is 3. The SMILES string of the molecule is O=C1N=CC=C1OOc1c(F)c(F)c(F)c(F)c1F. The number of amides is 1. The van der Waals surface area contributed by atoms with Gasteiger partial charge in [0, 0.05) is 12.3 Å². The minimum absolute atomic E-state index is 0.566. The first-order valence-corrected chi connectivity index (χ1v) is 4.58. The molecule has 0 saturated heterocycles. The molecule has 0 radical (unpaired) electrons. The summed E-state index contributed by atoms with van der Waals surface area (Å²) < 4.78 is 64.5. The van der Waals surface area contributed by atoms with Crippen molar-refractivity contribution in [3.8, 4) is 5.75 Å². The zero-order valence-electron chi connectivity index (χ0n) is 8.72. The molecule has 0 bridgehead atoms. The first-order chi connectivity index (χ1) is 8.93. The van der Waals surface area contributed by atoms with Crippen molar-refractivity contribution in [3.63, 3.8) is 0 Å². The number of halogens is 5. The molecule has 9 heteroatoms.